The molecular formula is C52H86N18O13. The van der Waals surface area contributed by atoms with Gasteiger partial charge in [-0.15, -0.1) is 0 Å². The predicted molar refractivity (Wildman–Crippen MR) is 304 cm³/mol. The number of aromatic nitrogens is 2. The summed E-state index contributed by atoms with van der Waals surface area (Å²) in [6.45, 7) is 7.80. The van der Waals surface area contributed by atoms with Crippen LogP contribution in [0.3, 0.4) is 0 Å². The van der Waals surface area contributed by atoms with Crippen LogP contribution in [0.5, 0.6) is 0 Å². The lowest BCUT2D eigenvalue weighted by molar-refractivity contribution is -0.146. The molecule has 83 heavy (non-hydrogen) atoms. The predicted octanol–water partition coefficient (Wildman–Crippen LogP) is -5.32. The highest BCUT2D eigenvalue weighted by Crippen LogP contribution is 2.14. The van der Waals surface area contributed by atoms with Gasteiger partial charge in [0.1, 0.15) is 48.8 Å². The van der Waals surface area contributed by atoms with Gasteiger partial charge in [-0.25, -0.2) is 4.98 Å². The van der Waals surface area contributed by atoms with Gasteiger partial charge in [0.2, 0.25) is 53.2 Å². The Hall–Kier alpha value is -8.45. The Morgan fingerprint density at radius 3 is 1.75 bits per heavy atom. The number of nitrogens with zero attached hydrogens (tertiary/aromatic N) is 4. The minimum absolute atomic E-state index is 0.00142. The molecular weight excluding hydrogens is 1080 g/mol. The molecule has 11 atom stereocenters. The Labute approximate surface area is 481 Å². The van der Waals surface area contributed by atoms with Crippen molar-refractivity contribution >= 4 is 71.1 Å². The molecule has 0 aliphatic rings. The fourth-order valence-corrected chi connectivity index (χ4v) is 8.09. The second-order valence-corrected chi connectivity index (χ2v) is 20.0. The summed E-state index contributed by atoms with van der Waals surface area (Å²) in [5.41, 5.74) is 28.8. The molecule has 1 unspecified atom stereocenters. The Morgan fingerprint density at radius 2 is 1.19 bits per heavy atom. The molecule has 31 nitrogen and oxygen atoms in total. The maximum Gasteiger partial charge on any atom is 0.323 e. The molecule has 1 heterocycles. The highest BCUT2D eigenvalue weighted by Gasteiger charge is 2.37. The first-order chi connectivity index (χ1) is 39.2. The van der Waals surface area contributed by atoms with E-state index in [2.05, 4.69) is 62.5 Å². The van der Waals surface area contributed by atoms with Crippen molar-refractivity contribution in [1.82, 2.24) is 57.4 Å². The third-order valence-electron chi connectivity index (χ3n) is 12.9. The number of H-pyrrole nitrogens is 1. The second-order valence-electron chi connectivity index (χ2n) is 20.0. The molecule has 0 radical (unpaired) electrons. The number of carboxylic acids is 1. The lowest BCUT2D eigenvalue weighted by Crippen LogP contribution is -2.62. The van der Waals surface area contributed by atoms with Crippen molar-refractivity contribution in [3.63, 3.8) is 0 Å². The van der Waals surface area contributed by atoms with Crippen LogP contribution in [-0.2, 0) is 60.8 Å². The fraction of sp³-hybridized carbons (Fsp3) is 0.596. The molecule has 0 spiro atoms. The molecule has 0 saturated heterocycles. The molecule has 462 valence electrons. The monoisotopic (exact) mass is 1170 g/mol. The number of aliphatic hydroxyl groups is 2. The standard InChI is InChI=1S/C52H86N18O13/c1-7-22-70(26-39(74)75)50(83)40(28(3)8-2)67-46(79)35(17-13-21-60-52(56)57)64-38(73)25-61-48(81)41(30(5)71)69-49(82)42(31(6)72)68-47(80)37(23-33-24-58-27-62-33)66-45(78)36(19-18-32-14-10-9-11-15-32)65-43(76)29(4)63-44(77)34(53)16-12-20-59-51(54)55/h9-11,14-15,24,27-31,34-37,40-42,71-72H,7-8,12-13,16-23,25-26,53H2,1-6H3,(H,58,62)(H,61,81)(H,63,77)(H,64,73)(H,65,76)(H,66,78)(H,67,79)(H,68,80)(H,69,82)(H,74,75)(H4,54,55,59)(H4,56,57,60)/t28?,29-,30+,31+,34-,35+,36-,37-,40-,41-,42-/m0/s1. The van der Waals surface area contributed by atoms with Gasteiger partial charge in [0, 0.05) is 37.9 Å². The van der Waals surface area contributed by atoms with E-state index < -0.39 is 139 Å². The van der Waals surface area contributed by atoms with Crippen LogP contribution in [0, 0.1) is 5.92 Å². The summed E-state index contributed by atoms with van der Waals surface area (Å²) in [6.07, 6.45) is 0.820. The van der Waals surface area contributed by atoms with Crippen LogP contribution >= 0.6 is 0 Å². The van der Waals surface area contributed by atoms with Crippen molar-refractivity contribution in [3.05, 3.63) is 54.1 Å². The third kappa shape index (κ3) is 26.3. The highest BCUT2D eigenvalue weighted by molar-refractivity contribution is 5.98. The highest BCUT2D eigenvalue weighted by atomic mass is 16.4. The van der Waals surface area contributed by atoms with Gasteiger partial charge in [-0.3, -0.25) is 57.9 Å². The Kier molecular flexibility index (Phi) is 31.3. The number of nitrogens with two attached hydrogens (primary N) is 5. The van der Waals surface area contributed by atoms with E-state index in [0.717, 1.165) is 24.3 Å². The van der Waals surface area contributed by atoms with Crippen molar-refractivity contribution in [1.29, 1.82) is 0 Å². The van der Waals surface area contributed by atoms with Gasteiger partial charge < -0.3 is 96.4 Å². The van der Waals surface area contributed by atoms with Crippen LogP contribution in [0.2, 0.25) is 0 Å². The summed E-state index contributed by atoms with van der Waals surface area (Å²) >= 11 is 0. The van der Waals surface area contributed by atoms with E-state index in [1.54, 1.807) is 51.1 Å². The van der Waals surface area contributed by atoms with Gasteiger partial charge >= 0.3 is 5.97 Å². The Morgan fingerprint density at radius 1 is 0.651 bits per heavy atom. The molecule has 9 amide bonds. The lowest BCUT2D eigenvalue weighted by atomic mass is 9.96. The topological polar surface area (TPSA) is 514 Å². The third-order valence-corrected chi connectivity index (χ3v) is 12.9. The second kappa shape index (κ2) is 36.8. The Bertz CT molecular complexity index is 2490. The minimum atomic E-state index is -1.85. The maximum atomic E-state index is 14.2. The van der Waals surface area contributed by atoms with Crippen LogP contribution in [0.25, 0.3) is 0 Å². The number of aliphatic carboxylic acids is 1. The quantitative estimate of drug-likeness (QED) is 0.0170. The van der Waals surface area contributed by atoms with Crippen molar-refractivity contribution in [2.75, 3.05) is 32.7 Å². The molecule has 2 rings (SSSR count). The number of imidazole rings is 1. The van der Waals surface area contributed by atoms with Gasteiger partial charge in [-0.1, -0.05) is 57.5 Å². The van der Waals surface area contributed by atoms with Crippen molar-refractivity contribution in [2.45, 2.75) is 160 Å². The number of carboxylic acid groups (broad SMARTS) is 1. The summed E-state index contributed by atoms with van der Waals surface area (Å²) in [7, 11) is 0. The Balaban J connectivity index is 2.32. The smallest absolute Gasteiger partial charge is 0.323 e. The van der Waals surface area contributed by atoms with Crippen molar-refractivity contribution < 1.29 is 63.3 Å². The first-order valence-corrected chi connectivity index (χ1v) is 27.3. The van der Waals surface area contributed by atoms with E-state index in [0.29, 0.717) is 25.0 Å². The number of aryl methyl sites for hydroxylation is 1. The molecule has 0 saturated carbocycles. The summed E-state index contributed by atoms with van der Waals surface area (Å²) < 4.78 is 0. The number of carbonyl (C=O) groups excluding carboxylic acids is 9. The summed E-state index contributed by atoms with van der Waals surface area (Å²) in [5.74, 6) is -10.1. The number of hydrogen-bond acceptors (Lipinski definition) is 16. The van der Waals surface area contributed by atoms with Crippen LogP contribution in [0.1, 0.15) is 97.7 Å². The van der Waals surface area contributed by atoms with Gasteiger partial charge in [-0.2, -0.15) is 0 Å². The average molecular weight is 1170 g/mol. The molecule has 1 aromatic heterocycles. The van der Waals surface area contributed by atoms with E-state index in [-0.39, 0.29) is 70.1 Å². The summed E-state index contributed by atoms with van der Waals surface area (Å²) in [6, 6.07) is -2.28. The molecule has 0 fully saturated rings. The molecule has 2 aromatic rings. The number of carbonyl (C=O) groups is 10. The number of amides is 9. The molecule has 31 heteroatoms. The minimum Gasteiger partial charge on any atom is -0.480 e. The van der Waals surface area contributed by atoms with Gasteiger partial charge in [0.05, 0.1) is 31.1 Å². The summed E-state index contributed by atoms with van der Waals surface area (Å²) in [4.78, 5) is 151. The van der Waals surface area contributed by atoms with E-state index in [1.165, 1.54) is 19.4 Å². The number of hydrogen-bond donors (Lipinski definition) is 17. The zero-order chi connectivity index (χ0) is 62.3. The zero-order valence-corrected chi connectivity index (χ0v) is 47.9. The number of rotatable bonds is 38. The summed E-state index contributed by atoms with van der Waals surface area (Å²) in [5, 5.41) is 50.9. The average Bonchev–Trinajstić information content (AvgIpc) is 3.95. The molecule has 0 bridgehead atoms. The molecule has 0 aliphatic carbocycles. The number of benzene rings is 1. The molecule has 0 aliphatic heterocycles. The van der Waals surface area contributed by atoms with Crippen LogP contribution in [0.15, 0.2) is 52.8 Å². The maximum absolute atomic E-state index is 14.2. The zero-order valence-electron chi connectivity index (χ0n) is 47.9. The molecule has 22 N–H and O–H groups in total. The van der Waals surface area contributed by atoms with Crippen molar-refractivity contribution in [2.24, 2.45) is 44.6 Å². The van der Waals surface area contributed by atoms with Crippen LogP contribution < -0.4 is 71.2 Å². The van der Waals surface area contributed by atoms with Crippen molar-refractivity contribution in [3.8, 4) is 0 Å². The number of aromatic amines is 1. The van der Waals surface area contributed by atoms with Crippen LogP contribution in [-0.4, -0.2) is 195 Å². The fourth-order valence-electron chi connectivity index (χ4n) is 8.09. The number of guanidine groups is 2. The van der Waals surface area contributed by atoms with E-state index in [9.17, 15) is 63.3 Å². The first kappa shape index (κ1) is 70.7. The first-order valence-electron chi connectivity index (χ1n) is 27.3. The van der Waals surface area contributed by atoms with E-state index in [4.69, 9.17) is 28.7 Å². The van der Waals surface area contributed by atoms with Crippen LogP contribution in [0.4, 0.5) is 0 Å². The SMILES string of the molecule is CCCN(CC(=O)O)C(=O)[C@@H](NC(=O)[C@@H](CCCN=C(N)N)NC(=O)CNC(=O)[C@@H](NC(=O)[C@@H](NC(=O)[C@H](Cc1cnc[nH]1)NC(=O)[C@H](CCc1ccccc1)NC(=O)[C@H](C)NC(=O)[C@@H](N)CCCN=C(N)N)[C@@H](C)O)[C@@H](C)O)C(C)CC. The van der Waals surface area contributed by atoms with Gasteiger partial charge in [0.15, 0.2) is 11.9 Å². The number of aliphatic imine (C=N–C) groups is 2. The number of aliphatic hydroxyl groups excluding tert-OH is 2. The van der Waals surface area contributed by atoms with Gasteiger partial charge in [0.25, 0.3) is 0 Å². The van der Waals surface area contributed by atoms with E-state index >= 15 is 0 Å². The lowest BCUT2D eigenvalue weighted by Gasteiger charge is -2.31. The normalized spacial score (nSPS) is 15.0. The molecule has 1 aromatic carbocycles. The number of nitrogens with one attached hydrogen (secondary N) is 9. The largest absolute Gasteiger partial charge is 0.480 e. The van der Waals surface area contributed by atoms with E-state index in [1.807, 2.05) is 0 Å². The van der Waals surface area contributed by atoms with Gasteiger partial charge in [-0.05, 0) is 77.2 Å².